The molecule has 1 saturated heterocycles. The van der Waals surface area contributed by atoms with E-state index in [4.69, 9.17) is 4.74 Å². The Hall–Kier alpha value is -2.67. The Labute approximate surface area is 160 Å². The molecule has 3 rings (SSSR count). The highest BCUT2D eigenvalue weighted by molar-refractivity contribution is 5.92. The van der Waals surface area contributed by atoms with Crippen LogP contribution in [0.2, 0.25) is 0 Å². The van der Waals surface area contributed by atoms with E-state index in [1.165, 1.54) is 5.56 Å². The lowest BCUT2D eigenvalue weighted by Crippen LogP contribution is -2.48. The van der Waals surface area contributed by atoms with Crippen LogP contribution >= 0.6 is 0 Å². The number of anilines is 1. The van der Waals surface area contributed by atoms with E-state index in [0.717, 1.165) is 51.4 Å². The van der Waals surface area contributed by atoms with Gasteiger partial charge >= 0.3 is 0 Å². The Morgan fingerprint density at radius 2 is 1.96 bits per heavy atom. The van der Waals surface area contributed by atoms with Crippen molar-refractivity contribution in [3.63, 3.8) is 0 Å². The summed E-state index contributed by atoms with van der Waals surface area (Å²) in [5, 5.41) is 11.5. The third kappa shape index (κ3) is 5.17. The molecule has 1 amide bonds. The van der Waals surface area contributed by atoms with Crippen LogP contribution in [0.1, 0.15) is 23.0 Å². The van der Waals surface area contributed by atoms with Crippen LogP contribution in [-0.4, -0.2) is 72.3 Å². The SMILES string of the molecule is CCN1CCN(C(=O)c2ccc(NCCc3cccc(OC)c3)nn2)CC1. The fraction of sp³-hybridized carbons (Fsp3) is 0.450. The van der Waals surface area contributed by atoms with Crippen LogP contribution in [0.5, 0.6) is 5.75 Å². The van der Waals surface area contributed by atoms with Gasteiger partial charge in [0.1, 0.15) is 11.6 Å². The van der Waals surface area contributed by atoms with E-state index < -0.39 is 0 Å². The third-order valence-electron chi connectivity index (χ3n) is 4.84. The first-order valence-electron chi connectivity index (χ1n) is 9.41. The van der Waals surface area contributed by atoms with Gasteiger partial charge in [-0.2, -0.15) is 0 Å². The van der Waals surface area contributed by atoms with Crippen molar-refractivity contribution in [1.29, 1.82) is 0 Å². The van der Waals surface area contributed by atoms with Gasteiger partial charge in [0.05, 0.1) is 7.11 Å². The molecule has 0 saturated carbocycles. The minimum absolute atomic E-state index is 0.0406. The van der Waals surface area contributed by atoms with Crippen molar-refractivity contribution in [2.45, 2.75) is 13.3 Å². The fourth-order valence-electron chi connectivity index (χ4n) is 3.13. The minimum Gasteiger partial charge on any atom is -0.497 e. The second-order valence-electron chi connectivity index (χ2n) is 6.56. The number of hydrogen-bond acceptors (Lipinski definition) is 6. The molecule has 7 nitrogen and oxygen atoms in total. The molecule has 1 aromatic heterocycles. The lowest BCUT2D eigenvalue weighted by molar-refractivity contribution is 0.0636. The number of methoxy groups -OCH3 is 1. The second kappa shape index (κ2) is 9.32. The zero-order valence-electron chi connectivity index (χ0n) is 16.0. The number of aromatic nitrogens is 2. The molecule has 27 heavy (non-hydrogen) atoms. The van der Waals surface area contributed by atoms with Gasteiger partial charge in [-0.05, 0) is 42.8 Å². The minimum atomic E-state index is -0.0406. The molecular weight excluding hydrogens is 342 g/mol. The Balaban J connectivity index is 1.49. The number of ether oxygens (including phenoxy) is 1. The van der Waals surface area contributed by atoms with Crippen LogP contribution in [0.4, 0.5) is 5.82 Å². The molecular formula is C20H27N5O2. The van der Waals surface area contributed by atoms with Crippen LogP contribution < -0.4 is 10.1 Å². The standard InChI is InChI=1S/C20H27N5O2/c1-3-24-11-13-25(14-12-24)20(26)18-7-8-19(23-22-18)21-10-9-16-5-4-6-17(15-16)27-2/h4-8,15H,3,9-14H2,1-2H3,(H,21,23). The Morgan fingerprint density at radius 1 is 1.15 bits per heavy atom. The maximum atomic E-state index is 12.5. The van der Waals surface area contributed by atoms with E-state index in [2.05, 4.69) is 33.4 Å². The third-order valence-corrected chi connectivity index (χ3v) is 4.84. The summed E-state index contributed by atoms with van der Waals surface area (Å²) in [4.78, 5) is 16.7. The van der Waals surface area contributed by atoms with Gasteiger partial charge in [-0.1, -0.05) is 19.1 Å². The number of carbonyl (C=O) groups excluding carboxylic acids is 1. The van der Waals surface area contributed by atoms with Gasteiger partial charge in [-0.15, -0.1) is 10.2 Å². The molecule has 1 aliphatic rings. The molecule has 144 valence electrons. The number of piperazine rings is 1. The molecule has 0 atom stereocenters. The number of hydrogen-bond donors (Lipinski definition) is 1. The number of rotatable bonds is 7. The van der Waals surface area contributed by atoms with Crippen LogP contribution in [-0.2, 0) is 6.42 Å². The maximum absolute atomic E-state index is 12.5. The average molecular weight is 369 g/mol. The van der Waals surface area contributed by atoms with Gasteiger partial charge < -0.3 is 19.9 Å². The summed E-state index contributed by atoms with van der Waals surface area (Å²) >= 11 is 0. The number of likely N-dealkylation sites (N-methyl/N-ethyl adjacent to an activating group) is 1. The molecule has 1 N–H and O–H groups in total. The highest BCUT2D eigenvalue weighted by Gasteiger charge is 2.22. The van der Waals surface area contributed by atoms with E-state index in [-0.39, 0.29) is 5.91 Å². The van der Waals surface area contributed by atoms with Crippen molar-refractivity contribution in [2.75, 3.05) is 51.7 Å². The van der Waals surface area contributed by atoms with Gasteiger partial charge in [0.15, 0.2) is 5.69 Å². The zero-order valence-corrected chi connectivity index (χ0v) is 16.0. The molecule has 2 heterocycles. The number of nitrogens with one attached hydrogen (secondary N) is 1. The van der Waals surface area contributed by atoms with Crippen LogP contribution in [0, 0.1) is 0 Å². The largest absolute Gasteiger partial charge is 0.497 e. The topological polar surface area (TPSA) is 70.6 Å². The summed E-state index contributed by atoms with van der Waals surface area (Å²) in [6.45, 7) is 7.22. The molecule has 1 aliphatic heterocycles. The molecule has 2 aromatic rings. The summed E-state index contributed by atoms with van der Waals surface area (Å²) < 4.78 is 5.24. The van der Waals surface area contributed by atoms with Crippen molar-refractivity contribution >= 4 is 11.7 Å². The smallest absolute Gasteiger partial charge is 0.274 e. The Morgan fingerprint density at radius 3 is 2.63 bits per heavy atom. The van der Waals surface area contributed by atoms with Crippen molar-refractivity contribution in [2.24, 2.45) is 0 Å². The van der Waals surface area contributed by atoms with Gasteiger partial charge in [-0.25, -0.2) is 0 Å². The van der Waals surface area contributed by atoms with E-state index in [9.17, 15) is 4.79 Å². The highest BCUT2D eigenvalue weighted by atomic mass is 16.5. The lowest BCUT2D eigenvalue weighted by Gasteiger charge is -2.33. The van der Waals surface area contributed by atoms with Gasteiger partial charge in [-0.3, -0.25) is 4.79 Å². The summed E-state index contributed by atoms with van der Waals surface area (Å²) in [5.41, 5.74) is 1.59. The molecule has 1 fully saturated rings. The lowest BCUT2D eigenvalue weighted by atomic mass is 10.1. The molecule has 0 spiro atoms. The summed E-state index contributed by atoms with van der Waals surface area (Å²) in [6.07, 6.45) is 0.848. The molecule has 7 heteroatoms. The highest BCUT2D eigenvalue weighted by Crippen LogP contribution is 2.13. The predicted octanol–water partition coefficient (Wildman–Crippen LogP) is 1.92. The fourth-order valence-corrected chi connectivity index (χ4v) is 3.13. The average Bonchev–Trinajstić information content (AvgIpc) is 2.74. The molecule has 0 bridgehead atoms. The van der Waals surface area contributed by atoms with E-state index in [0.29, 0.717) is 11.5 Å². The molecule has 0 radical (unpaired) electrons. The normalized spacial score (nSPS) is 14.8. The van der Waals surface area contributed by atoms with Gasteiger partial charge in [0.25, 0.3) is 5.91 Å². The quantitative estimate of drug-likeness (QED) is 0.804. The summed E-state index contributed by atoms with van der Waals surface area (Å²) in [5.74, 6) is 1.49. The maximum Gasteiger partial charge on any atom is 0.274 e. The first kappa shape index (κ1) is 19.1. The Bertz CT molecular complexity index is 742. The van der Waals surface area contributed by atoms with Crippen molar-refractivity contribution in [3.05, 3.63) is 47.7 Å². The molecule has 0 aliphatic carbocycles. The van der Waals surface area contributed by atoms with Crippen molar-refractivity contribution in [1.82, 2.24) is 20.0 Å². The van der Waals surface area contributed by atoms with Crippen molar-refractivity contribution < 1.29 is 9.53 Å². The predicted molar refractivity (Wildman–Crippen MR) is 105 cm³/mol. The number of nitrogens with zero attached hydrogens (tertiary/aromatic N) is 4. The molecule has 0 unspecified atom stereocenters. The van der Waals surface area contributed by atoms with E-state index in [1.54, 1.807) is 13.2 Å². The first-order chi connectivity index (χ1) is 13.2. The second-order valence-corrected chi connectivity index (χ2v) is 6.56. The first-order valence-corrected chi connectivity index (χ1v) is 9.41. The summed E-state index contributed by atoms with van der Waals surface area (Å²) in [7, 11) is 1.67. The van der Waals surface area contributed by atoms with Crippen LogP contribution in [0.15, 0.2) is 36.4 Å². The zero-order chi connectivity index (χ0) is 19.1. The monoisotopic (exact) mass is 369 g/mol. The Kier molecular flexibility index (Phi) is 6.59. The van der Waals surface area contributed by atoms with Crippen LogP contribution in [0.25, 0.3) is 0 Å². The van der Waals surface area contributed by atoms with Crippen molar-refractivity contribution in [3.8, 4) is 5.75 Å². The molecule has 1 aromatic carbocycles. The van der Waals surface area contributed by atoms with E-state index >= 15 is 0 Å². The number of amides is 1. The number of carbonyl (C=O) groups is 1. The summed E-state index contributed by atoms with van der Waals surface area (Å²) in [6, 6.07) is 11.6. The number of benzene rings is 1. The van der Waals surface area contributed by atoms with E-state index in [1.807, 2.05) is 29.2 Å². The van der Waals surface area contributed by atoms with Crippen LogP contribution in [0.3, 0.4) is 0 Å². The van der Waals surface area contributed by atoms with Gasteiger partial charge in [0, 0.05) is 32.7 Å². The van der Waals surface area contributed by atoms with Gasteiger partial charge in [0.2, 0.25) is 0 Å².